The first-order valence-corrected chi connectivity index (χ1v) is 9.40. The van der Waals surface area contributed by atoms with Crippen LogP contribution in [0.25, 0.3) is 10.8 Å². The summed E-state index contributed by atoms with van der Waals surface area (Å²) in [6.45, 7) is 0. The second-order valence-corrected chi connectivity index (χ2v) is 7.14. The van der Waals surface area contributed by atoms with E-state index in [1.54, 1.807) is 12.1 Å². The molecule has 1 atom stereocenters. The van der Waals surface area contributed by atoms with E-state index in [0.717, 1.165) is 17.7 Å². The number of benzene rings is 4. The summed E-state index contributed by atoms with van der Waals surface area (Å²) in [7, 11) is 0. The average molecular weight is 365 g/mol. The maximum atomic E-state index is 11.5. The number of aromatic carboxylic acids is 1. The van der Waals surface area contributed by atoms with Gasteiger partial charge in [-0.2, -0.15) is 0 Å². The number of hydrogen-bond acceptors (Lipinski definition) is 2. The van der Waals surface area contributed by atoms with Gasteiger partial charge < -0.3 is 10.0 Å². The molecule has 0 aliphatic carbocycles. The number of anilines is 2. The van der Waals surface area contributed by atoms with Crippen LogP contribution in [0.15, 0.2) is 91.0 Å². The maximum absolute atomic E-state index is 11.5. The van der Waals surface area contributed by atoms with Gasteiger partial charge in [0.2, 0.25) is 0 Å². The molecule has 0 fully saturated rings. The quantitative estimate of drug-likeness (QED) is 0.486. The van der Waals surface area contributed by atoms with Gasteiger partial charge in [0.1, 0.15) is 0 Å². The molecule has 0 amide bonds. The number of carboxylic acid groups (broad SMARTS) is 1. The minimum Gasteiger partial charge on any atom is -0.478 e. The fourth-order valence-corrected chi connectivity index (χ4v) is 4.27. The van der Waals surface area contributed by atoms with Crippen LogP contribution in [0.1, 0.15) is 27.5 Å². The van der Waals surface area contributed by atoms with E-state index in [-0.39, 0.29) is 6.04 Å². The molecule has 0 bridgehead atoms. The molecule has 28 heavy (non-hydrogen) atoms. The van der Waals surface area contributed by atoms with Gasteiger partial charge in [0, 0.05) is 11.4 Å². The highest BCUT2D eigenvalue weighted by Gasteiger charge is 2.33. The van der Waals surface area contributed by atoms with Crippen LogP contribution in [0.5, 0.6) is 0 Å². The summed E-state index contributed by atoms with van der Waals surface area (Å²) in [6.07, 6.45) is 0.842. The molecular weight excluding hydrogens is 346 g/mol. The topological polar surface area (TPSA) is 40.5 Å². The van der Waals surface area contributed by atoms with Crippen LogP contribution >= 0.6 is 0 Å². The number of rotatable bonds is 3. The molecular formula is C25H19NO2. The highest BCUT2D eigenvalue weighted by molar-refractivity contribution is 5.93. The molecule has 1 N–H and O–H groups in total. The lowest BCUT2D eigenvalue weighted by Gasteiger charge is -2.28. The molecule has 0 saturated heterocycles. The lowest BCUT2D eigenvalue weighted by Crippen LogP contribution is -2.20. The Morgan fingerprint density at radius 1 is 0.857 bits per heavy atom. The van der Waals surface area contributed by atoms with Crippen LogP contribution in [0.4, 0.5) is 11.4 Å². The van der Waals surface area contributed by atoms with Crippen LogP contribution in [-0.4, -0.2) is 11.1 Å². The average Bonchev–Trinajstić information content (AvgIpc) is 3.14. The third kappa shape index (κ3) is 2.64. The first-order chi connectivity index (χ1) is 13.7. The lowest BCUT2D eigenvalue weighted by atomic mass is 9.97. The molecule has 0 saturated carbocycles. The van der Waals surface area contributed by atoms with Gasteiger partial charge in [-0.1, -0.05) is 60.7 Å². The molecule has 1 heterocycles. The molecule has 5 rings (SSSR count). The highest BCUT2D eigenvalue weighted by atomic mass is 16.4. The van der Waals surface area contributed by atoms with Crippen molar-refractivity contribution in [3.8, 4) is 0 Å². The predicted molar refractivity (Wildman–Crippen MR) is 112 cm³/mol. The summed E-state index contributed by atoms with van der Waals surface area (Å²) in [6, 6.07) is 30.5. The summed E-state index contributed by atoms with van der Waals surface area (Å²) in [5.41, 5.74) is 4.96. The van der Waals surface area contributed by atoms with Crippen LogP contribution in [0.2, 0.25) is 0 Å². The van der Waals surface area contributed by atoms with E-state index in [9.17, 15) is 9.90 Å². The van der Waals surface area contributed by atoms with Gasteiger partial charge in [0.15, 0.2) is 0 Å². The fourth-order valence-electron chi connectivity index (χ4n) is 4.27. The van der Waals surface area contributed by atoms with Gasteiger partial charge in [0.25, 0.3) is 0 Å². The molecule has 1 unspecified atom stereocenters. The third-order valence-electron chi connectivity index (χ3n) is 5.54. The minimum absolute atomic E-state index is 0.0579. The largest absolute Gasteiger partial charge is 0.478 e. The van der Waals surface area contributed by atoms with E-state index < -0.39 is 5.97 Å². The minimum atomic E-state index is -0.894. The zero-order valence-electron chi connectivity index (χ0n) is 15.2. The monoisotopic (exact) mass is 365 g/mol. The Balaban J connectivity index is 1.71. The standard InChI is InChI=1S/C25H19NO2/c27-25(28)19-9-6-8-18(15-19)24-16-22-21-12-5-4-7-17(21)13-14-23(22)26(24)20-10-2-1-3-11-20/h1-15,24H,16H2,(H,27,28). The Morgan fingerprint density at radius 2 is 1.64 bits per heavy atom. The van der Waals surface area contributed by atoms with E-state index in [1.165, 1.54) is 22.0 Å². The molecule has 4 aromatic carbocycles. The fraction of sp³-hybridized carbons (Fsp3) is 0.0800. The summed E-state index contributed by atoms with van der Waals surface area (Å²) >= 11 is 0. The van der Waals surface area contributed by atoms with Crippen LogP contribution in [0.3, 0.4) is 0 Å². The smallest absolute Gasteiger partial charge is 0.335 e. The van der Waals surface area contributed by atoms with E-state index >= 15 is 0 Å². The number of hydrogen-bond donors (Lipinski definition) is 1. The van der Waals surface area contributed by atoms with Crippen molar-refractivity contribution in [1.82, 2.24) is 0 Å². The first kappa shape index (κ1) is 16.6. The van der Waals surface area contributed by atoms with Crippen LogP contribution < -0.4 is 4.90 Å². The summed E-state index contributed by atoms with van der Waals surface area (Å²) in [5, 5.41) is 11.9. The lowest BCUT2D eigenvalue weighted by molar-refractivity contribution is 0.0696. The second kappa shape index (κ2) is 6.54. The molecule has 1 aliphatic heterocycles. The molecule has 0 spiro atoms. The van der Waals surface area contributed by atoms with Gasteiger partial charge in [-0.05, 0) is 58.7 Å². The number of nitrogens with zero attached hydrogens (tertiary/aromatic N) is 1. The van der Waals surface area contributed by atoms with Crippen molar-refractivity contribution in [3.05, 3.63) is 108 Å². The molecule has 3 heteroatoms. The molecule has 136 valence electrons. The van der Waals surface area contributed by atoms with E-state index in [4.69, 9.17) is 0 Å². The molecule has 0 radical (unpaired) electrons. The molecule has 4 aromatic rings. The summed E-state index contributed by atoms with van der Waals surface area (Å²) < 4.78 is 0. The Labute approximate surface area is 163 Å². The zero-order valence-corrected chi connectivity index (χ0v) is 15.2. The van der Waals surface area contributed by atoms with Gasteiger partial charge >= 0.3 is 5.97 Å². The first-order valence-electron chi connectivity index (χ1n) is 9.40. The molecule has 1 aliphatic rings. The highest BCUT2D eigenvalue weighted by Crippen LogP contribution is 2.47. The van der Waals surface area contributed by atoms with Crippen molar-refractivity contribution in [1.29, 1.82) is 0 Å². The van der Waals surface area contributed by atoms with Crippen molar-refractivity contribution in [2.75, 3.05) is 4.90 Å². The van der Waals surface area contributed by atoms with Gasteiger partial charge in [-0.3, -0.25) is 0 Å². The van der Waals surface area contributed by atoms with E-state index in [1.807, 2.05) is 30.3 Å². The Morgan fingerprint density at radius 3 is 2.46 bits per heavy atom. The van der Waals surface area contributed by atoms with E-state index in [0.29, 0.717) is 5.56 Å². The normalized spacial score (nSPS) is 15.6. The van der Waals surface area contributed by atoms with Crippen molar-refractivity contribution >= 4 is 28.1 Å². The number of carbonyl (C=O) groups is 1. The Hall–Kier alpha value is -3.59. The molecule has 3 nitrogen and oxygen atoms in total. The Bertz CT molecular complexity index is 1180. The summed E-state index contributed by atoms with van der Waals surface area (Å²) in [4.78, 5) is 13.8. The summed E-state index contributed by atoms with van der Waals surface area (Å²) in [5.74, 6) is -0.894. The van der Waals surface area contributed by atoms with Gasteiger partial charge in [0.05, 0.1) is 11.6 Å². The van der Waals surface area contributed by atoms with E-state index in [2.05, 4.69) is 53.4 Å². The van der Waals surface area contributed by atoms with Crippen molar-refractivity contribution in [2.24, 2.45) is 0 Å². The number of carboxylic acids is 1. The van der Waals surface area contributed by atoms with Crippen molar-refractivity contribution in [3.63, 3.8) is 0 Å². The predicted octanol–water partition coefficient (Wildman–Crippen LogP) is 5.97. The van der Waals surface area contributed by atoms with Gasteiger partial charge in [-0.15, -0.1) is 0 Å². The van der Waals surface area contributed by atoms with Crippen LogP contribution in [-0.2, 0) is 6.42 Å². The Kier molecular flexibility index (Phi) is 3.87. The SMILES string of the molecule is O=C(O)c1cccc(C2Cc3c(ccc4ccccc34)N2c2ccccc2)c1. The molecule has 0 aromatic heterocycles. The van der Waals surface area contributed by atoms with Crippen molar-refractivity contribution in [2.45, 2.75) is 12.5 Å². The van der Waals surface area contributed by atoms with Gasteiger partial charge in [-0.25, -0.2) is 4.79 Å². The zero-order chi connectivity index (χ0) is 19.1. The number of para-hydroxylation sites is 1. The third-order valence-corrected chi connectivity index (χ3v) is 5.54. The second-order valence-electron chi connectivity index (χ2n) is 7.14. The van der Waals surface area contributed by atoms with Crippen LogP contribution in [0, 0.1) is 0 Å². The van der Waals surface area contributed by atoms with Crippen molar-refractivity contribution < 1.29 is 9.90 Å². The maximum Gasteiger partial charge on any atom is 0.335 e. The number of fused-ring (bicyclic) bond motifs is 3.